The number of amides is 3. The van der Waals surface area contributed by atoms with Crippen molar-refractivity contribution in [1.82, 2.24) is 15.1 Å². The van der Waals surface area contributed by atoms with Crippen LogP contribution in [0.15, 0.2) is 48.5 Å². The molecule has 2 aliphatic heterocycles. The first-order valence-electron chi connectivity index (χ1n) is 9.99. The number of benzene rings is 2. The highest BCUT2D eigenvalue weighted by Crippen LogP contribution is 2.35. The van der Waals surface area contributed by atoms with Crippen molar-refractivity contribution in [3.05, 3.63) is 71.0 Å². The molecule has 7 nitrogen and oxygen atoms in total. The summed E-state index contributed by atoms with van der Waals surface area (Å²) >= 11 is 0. The van der Waals surface area contributed by atoms with E-state index in [0.717, 1.165) is 16.7 Å². The summed E-state index contributed by atoms with van der Waals surface area (Å²) < 4.78 is 19.0. The molecule has 0 spiro atoms. The minimum Gasteiger partial charge on any atom is -0.465 e. The smallest absolute Gasteiger partial charge is 0.407 e. The summed E-state index contributed by atoms with van der Waals surface area (Å²) in [6.45, 7) is 1.50. The van der Waals surface area contributed by atoms with E-state index >= 15 is 0 Å². The molecule has 158 valence electrons. The van der Waals surface area contributed by atoms with Crippen molar-refractivity contribution < 1.29 is 23.8 Å². The van der Waals surface area contributed by atoms with Gasteiger partial charge in [0.2, 0.25) is 0 Å². The third kappa shape index (κ3) is 4.23. The van der Waals surface area contributed by atoms with Crippen LogP contribution in [0.2, 0.25) is 0 Å². The number of carbonyl (C=O) groups is 2. The predicted molar refractivity (Wildman–Crippen MR) is 108 cm³/mol. The highest BCUT2D eigenvalue weighted by atomic mass is 19.1. The van der Waals surface area contributed by atoms with E-state index in [-0.39, 0.29) is 37.6 Å². The molecule has 2 aromatic rings. The van der Waals surface area contributed by atoms with Crippen LogP contribution in [0, 0.1) is 5.82 Å². The van der Waals surface area contributed by atoms with E-state index in [2.05, 4.69) is 5.32 Å². The lowest BCUT2D eigenvalue weighted by molar-refractivity contribution is 0.122. The Balaban J connectivity index is 1.59. The molecule has 0 saturated carbocycles. The van der Waals surface area contributed by atoms with Gasteiger partial charge in [-0.25, -0.2) is 14.0 Å². The first-order chi connectivity index (χ1) is 14.5. The zero-order valence-corrected chi connectivity index (χ0v) is 16.5. The van der Waals surface area contributed by atoms with Crippen molar-refractivity contribution in [2.45, 2.75) is 18.5 Å². The quantitative estimate of drug-likeness (QED) is 0.793. The summed E-state index contributed by atoms with van der Waals surface area (Å²) in [4.78, 5) is 27.6. The SMILES string of the molecule is O=C(O)N1CCOC[C@@H](NC(=O)N2CCc3ccccc3[C@@H]2c2ccc(F)cc2)C1. The van der Waals surface area contributed by atoms with Crippen LogP contribution in [0.25, 0.3) is 0 Å². The Morgan fingerprint density at radius 1 is 1.10 bits per heavy atom. The van der Waals surface area contributed by atoms with E-state index in [4.69, 9.17) is 4.74 Å². The van der Waals surface area contributed by atoms with Crippen LogP contribution < -0.4 is 5.32 Å². The van der Waals surface area contributed by atoms with Crippen molar-refractivity contribution in [1.29, 1.82) is 0 Å². The normalized spacial score (nSPS) is 21.5. The Hall–Kier alpha value is -3.13. The maximum Gasteiger partial charge on any atom is 0.407 e. The second-order valence-corrected chi connectivity index (χ2v) is 7.55. The molecule has 2 atom stereocenters. The maximum absolute atomic E-state index is 13.5. The molecule has 0 aliphatic carbocycles. The number of ether oxygens (including phenoxy) is 1. The van der Waals surface area contributed by atoms with Crippen LogP contribution in [0.5, 0.6) is 0 Å². The van der Waals surface area contributed by atoms with E-state index in [1.165, 1.54) is 17.0 Å². The Morgan fingerprint density at radius 2 is 1.87 bits per heavy atom. The number of rotatable bonds is 2. The van der Waals surface area contributed by atoms with Gasteiger partial charge in [-0.05, 0) is 35.2 Å². The number of fused-ring (bicyclic) bond motifs is 1. The van der Waals surface area contributed by atoms with Crippen LogP contribution in [-0.2, 0) is 11.2 Å². The predicted octanol–water partition coefficient (Wildman–Crippen LogP) is 2.86. The van der Waals surface area contributed by atoms with Gasteiger partial charge in [-0.1, -0.05) is 36.4 Å². The van der Waals surface area contributed by atoms with Gasteiger partial charge >= 0.3 is 12.1 Å². The highest BCUT2D eigenvalue weighted by molar-refractivity contribution is 5.76. The van der Waals surface area contributed by atoms with Crippen molar-refractivity contribution >= 4 is 12.1 Å². The molecule has 3 amide bonds. The van der Waals surface area contributed by atoms with Gasteiger partial charge in [0.05, 0.1) is 25.3 Å². The molecule has 0 radical (unpaired) electrons. The molecule has 4 rings (SSSR count). The second-order valence-electron chi connectivity index (χ2n) is 7.55. The Labute approximate surface area is 174 Å². The monoisotopic (exact) mass is 413 g/mol. The van der Waals surface area contributed by atoms with E-state index in [1.54, 1.807) is 17.0 Å². The number of hydrogen-bond donors (Lipinski definition) is 2. The fourth-order valence-corrected chi connectivity index (χ4v) is 4.12. The molecule has 30 heavy (non-hydrogen) atoms. The van der Waals surface area contributed by atoms with Crippen molar-refractivity contribution in [2.75, 3.05) is 32.8 Å². The summed E-state index contributed by atoms with van der Waals surface area (Å²) in [6.07, 6.45) is -0.320. The van der Waals surface area contributed by atoms with Crippen LogP contribution in [0.4, 0.5) is 14.0 Å². The van der Waals surface area contributed by atoms with Gasteiger partial charge < -0.3 is 25.0 Å². The minimum absolute atomic E-state index is 0.173. The standard InChI is InChI=1S/C22H24FN3O4/c23-17-7-5-16(6-8-17)20-19-4-2-1-3-15(19)9-10-26(20)21(27)24-18-13-25(22(28)29)11-12-30-14-18/h1-8,18,20H,9-14H2,(H,24,27)(H,28,29)/t18-,20-/m0/s1. The molecule has 0 bridgehead atoms. The Morgan fingerprint density at radius 3 is 2.63 bits per heavy atom. The van der Waals surface area contributed by atoms with Crippen molar-refractivity contribution in [3.63, 3.8) is 0 Å². The number of nitrogens with zero attached hydrogens (tertiary/aromatic N) is 2. The number of carboxylic acid groups (broad SMARTS) is 1. The number of nitrogens with one attached hydrogen (secondary N) is 1. The zero-order chi connectivity index (χ0) is 21.1. The minimum atomic E-state index is -1.03. The fourth-order valence-electron chi connectivity index (χ4n) is 4.12. The average molecular weight is 413 g/mol. The largest absolute Gasteiger partial charge is 0.465 e. The van der Waals surface area contributed by atoms with Gasteiger partial charge in [0, 0.05) is 19.6 Å². The van der Waals surface area contributed by atoms with Crippen LogP contribution in [-0.4, -0.2) is 65.9 Å². The molecule has 2 aromatic carbocycles. The number of urea groups is 1. The molecule has 2 aliphatic rings. The molecule has 2 heterocycles. The van der Waals surface area contributed by atoms with E-state index < -0.39 is 12.1 Å². The number of hydrogen-bond acceptors (Lipinski definition) is 3. The summed E-state index contributed by atoms with van der Waals surface area (Å²) in [7, 11) is 0. The Kier molecular flexibility index (Phi) is 5.85. The first kappa shape index (κ1) is 20.2. The number of halogens is 1. The van der Waals surface area contributed by atoms with Gasteiger partial charge in [0.25, 0.3) is 0 Å². The van der Waals surface area contributed by atoms with Gasteiger partial charge in [-0.3, -0.25) is 0 Å². The molecule has 0 unspecified atom stereocenters. The first-order valence-corrected chi connectivity index (χ1v) is 9.99. The topological polar surface area (TPSA) is 82.1 Å². The fraction of sp³-hybridized carbons (Fsp3) is 0.364. The molecular weight excluding hydrogens is 389 g/mol. The lowest BCUT2D eigenvalue weighted by Crippen LogP contribution is -2.52. The highest BCUT2D eigenvalue weighted by Gasteiger charge is 2.33. The van der Waals surface area contributed by atoms with E-state index in [9.17, 15) is 19.1 Å². The molecule has 8 heteroatoms. The van der Waals surface area contributed by atoms with E-state index in [1.807, 2.05) is 24.3 Å². The third-order valence-electron chi connectivity index (χ3n) is 5.59. The lowest BCUT2D eigenvalue weighted by Gasteiger charge is -2.38. The molecule has 2 N–H and O–H groups in total. The average Bonchev–Trinajstić information content (AvgIpc) is 2.99. The second kappa shape index (κ2) is 8.71. The molecular formula is C22H24FN3O4. The maximum atomic E-state index is 13.5. The molecule has 0 aromatic heterocycles. The Bertz CT molecular complexity index is 921. The van der Waals surface area contributed by atoms with Crippen molar-refractivity contribution in [3.8, 4) is 0 Å². The van der Waals surface area contributed by atoms with Gasteiger partial charge in [-0.15, -0.1) is 0 Å². The van der Waals surface area contributed by atoms with Gasteiger partial charge in [-0.2, -0.15) is 0 Å². The van der Waals surface area contributed by atoms with E-state index in [0.29, 0.717) is 19.6 Å². The number of carbonyl (C=O) groups excluding carboxylic acids is 1. The van der Waals surface area contributed by atoms with Crippen LogP contribution >= 0.6 is 0 Å². The third-order valence-corrected chi connectivity index (χ3v) is 5.59. The van der Waals surface area contributed by atoms with Gasteiger partial charge in [0.1, 0.15) is 5.82 Å². The van der Waals surface area contributed by atoms with Crippen molar-refractivity contribution in [2.24, 2.45) is 0 Å². The zero-order valence-electron chi connectivity index (χ0n) is 16.5. The molecule has 1 fully saturated rings. The van der Waals surface area contributed by atoms with Crippen LogP contribution in [0.3, 0.4) is 0 Å². The van der Waals surface area contributed by atoms with Gasteiger partial charge in [0.15, 0.2) is 0 Å². The van der Waals surface area contributed by atoms with Crippen LogP contribution in [0.1, 0.15) is 22.7 Å². The summed E-state index contributed by atoms with van der Waals surface area (Å²) in [6, 6.07) is 13.0. The summed E-state index contributed by atoms with van der Waals surface area (Å²) in [5.74, 6) is -0.330. The lowest BCUT2D eigenvalue weighted by atomic mass is 9.88. The summed E-state index contributed by atoms with van der Waals surface area (Å²) in [5.41, 5.74) is 2.99. The summed E-state index contributed by atoms with van der Waals surface area (Å²) in [5, 5.41) is 12.2. The molecule has 1 saturated heterocycles.